The van der Waals surface area contributed by atoms with Crippen molar-refractivity contribution in [1.29, 1.82) is 0 Å². The monoisotopic (exact) mass is 249 g/mol. The predicted molar refractivity (Wildman–Crippen MR) is 77.9 cm³/mol. The van der Waals surface area contributed by atoms with Gasteiger partial charge in [-0.05, 0) is 31.4 Å². The highest BCUT2D eigenvalue weighted by molar-refractivity contribution is 5.24. The van der Waals surface area contributed by atoms with Crippen molar-refractivity contribution in [2.45, 2.75) is 40.2 Å². The molecule has 0 aromatic heterocycles. The second-order valence-corrected chi connectivity index (χ2v) is 5.26. The molecule has 1 N–H and O–H groups in total. The van der Waals surface area contributed by atoms with E-state index in [1.165, 1.54) is 11.1 Å². The van der Waals surface area contributed by atoms with Crippen LogP contribution in [0.3, 0.4) is 0 Å². The van der Waals surface area contributed by atoms with E-state index < -0.39 is 0 Å². The molecule has 1 aromatic rings. The Kier molecular flexibility index (Phi) is 6.99. The lowest BCUT2D eigenvalue weighted by atomic mass is 10.1. The number of benzene rings is 1. The van der Waals surface area contributed by atoms with E-state index in [9.17, 15) is 0 Å². The van der Waals surface area contributed by atoms with Crippen LogP contribution in [0.4, 0.5) is 0 Å². The van der Waals surface area contributed by atoms with Gasteiger partial charge in [0.1, 0.15) is 0 Å². The molecular weight excluding hydrogens is 222 g/mol. The van der Waals surface area contributed by atoms with Crippen molar-refractivity contribution in [2.75, 3.05) is 19.7 Å². The Morgan fingerprint density at radius 3 is 2.67 bits per heavy atom. The highest BCUT2D eigenvalue weighted by Gasteiger charge is 2.11. The third kappa shape index (κ3) is 5.65. The van der Waals surface area contributed by atoms with E-state index in [2.05, 4.69) is 57.3 Å². The lowest BCUT2D eigenvalue weighted by Gasteiger charge is -2.20. The minimum atomic E-state index is 0.170. The molecule has 0 heterocycles. The Balaban J connectivity index is 2.59. The maximum Gasteiger partial charge on any atom is 0.0949 e. The van der Waals surface area contributed by atoms with Gasteiger partial charge in [-0.3, -0.25) is 0 Å². The smallest absolute Gasteiger partial charge is 0.0949 e. The number of rotatable bonds is 8. The molecule has 1 atom stereocenters. The van der Waals surface area contributed by atoms with Crippen molar-refractivity contribution in [3.8, 4) is 0 Å². The largest absolute Gasteiger partial charge is 0.372 e. The summed E-state index contributed by atoms with van der Waals surface area (Å²) in [5.74, 6) is 0.697. The van der Waals surface area contributed by atoms with Crippen LogP contribution in [-0.2, 0) is 4.74 Å². The van der Waals surface area contributed by atoms with Crippen LogP contribution in [0.2, 0.25) is 0 Å². The summed E-state index contributed by atoms with van der Waals surface area (Å²) in [5, 5.41) is 3.38. The van der Waals surface area contributed by atoms with Gasteiger partial charge in [0.05, 0.1) is 6.10 Å². The number of hydrogen-bond donors (Lipinski definition) is 1. The van der Waals surface area contributed by atoms with Crippen LogP contribution in [0.15, 0.2) is 24.3 Å². The predicted octanol–water partition coefficient (Wildman–Crippen LogP) is 3.71. The van der Waals surface area contributed by atoms with Crippen molar-refractivity contribution in [3.05, 3.63) is 35.4 Å². The van der Waals surface area contributed by atoms with Crippen LogP contribution in [0.5, 0.6) is 0 Å². The molecular formula is C16H27NO. The first-order valence-electron chi connectivity index (χ1n) is 7.02. The summed E-state index contributed by atoms with van der Waals surface area (Å²) in [7, 11) is 0. The third-order valence-corrected chi connectivity index (χ3v) is 3.01. The van der Waals surface area contributed by atoms with Gasteiger partial charge in [-0.25, -0.2) is 0 Å². The van der Waals surface area contributed by atoms with Crippen LogP contribution in [-0.4, -0.2) is 19.7 Å². The van der Waals surface area contributed by atoms with E-state index in [4.69, 9.17) is 4.74 Å². The molecule has 0 aliphatic carbocycles. The molecule has 1 aromatic carbocycles. The summed E-state index contributed by atoms with van der Waals surface area (Å²) in [6.45, 7) is 11.4. The number of nitrogens with one attached hydrogen (secondary N) is 1. The number of aryl methyl sites for hydroxylation is 1. The van der Waals surface area contributed by atoms with Gasteiger partial charge in [0, 0.05) is 13.2 Å². The zero-order valence-electron chi connectivity index (χ0n) is 12.2. The summed E-state index contributed by atoms with van der Waals surface area (Å²) >= 11 is 0. The first-order valence-corrected chi connectivity index (χ1v) is 7.02. The second kappa shape index (κ2) is 8.28. The normalized spacial score (nSPS) is 12.9. The zero-order chi connectivity index (χ0) is 13.4. The molecule has 0 saturated carbocycles. The number of likely N-dealkylation sites (N-methyl/N-ethyl adjacent to an activating group) is 1. The fourth-order valence-electron chi connectivity index (χ4n) is 1.86. The summed E-state index contributed by atoms with van der Waals surface area (Å²) in [5.41, 5.74) is 2.57. The molecule has 0 fully saturated rings. The average molecular weight is 249 g/mol. The van der Waals surface area contributed by atoms with Gasteiger partial charge in [-0.15, -0.1) is 0 Å². The zero-order valence-corrected chi connectivity index (χ0v) is 12.2. The molecule has 102 valence electrons. The van der Waals surface area contributed by atoms with Gasteiger partial charge < -0.3 is 10.1 Å². The lowest BCUT2D eigenvalue weighted by Crippen LogP contribution is -2.23. The summed E-state index contributed by atoms with van der Waals surface area (Å²) in [6.07, 6.45) is 1.29. The standard InChI is InChI=1S/C16H27NO/c1-5-17-12-16(18-10-9-13(2)3)15-8-6-7-14(4)11-15/h6-8,11,13,16-17H,5,9-10,12H2,1-4H3. The Bertz CT molecular complexity index is 336. The van der Waals surface area contributed by atoms with Crippen molar-refractivity contribution in [2.24, 2.45) is 5.92 Å². The molecule has 18 heavy (non-hydrogen) atoms. The van der Waals surface area contributed by atoms with Gasteiger partial charge >= 0.3 is 0 Å². The summed E-state index contributed by atoms with van der Waals surface area (Å²) < 4.78 is 6.03. The Morgan fingerprint density at radius 2 is 2.06 bits per heavy atom. The minimum Gasteiger partial charge on any atom is -0.372 e. The Labute approximate surface area is 112 Å². The fraction of sp³-hybridized carbons (Fsp3) is 0.625. The van der Waals surface area contributed by atoms with Crippen molar-refractivity contribution in [1.82, 2.24) is 5.32 Å². The van der Waals surface area contributed by atoms with Crippen LogP contribution < -0.4 is 5.32 Å². The highest BCUT2D eigenvalue weighted by Crippen LogP contribution is 2.18. The molecule has 0 spiro atoms. The van der Waals surface area contributed by atoms with Crippen LogP contribution >= 0.6 is 0 Å². The molecule has 2 nitrogen and oxygen atoms in total. The SMILES string of the molecule is CCNCC(OCCC(C)C)c1cccc(C)c1. The molecule has 2 heteroatoms. The van der Waals surface area contributed by atoms with E-state index in [1.807, 2.05) is 0 Å². The molecule has 0 bridgehead atoms. The molecule has 0 aliphatic heterocycles. The van der Waals surface area contributed by atoms with Gasteiger partial charge in [-0.1, -0.05) is 50.6 Å². The van der Waals surface area contributed by atoms with Gasteiger partial charge in [-0.2, -0.15) is 0 Å². The maximum atomic E-state index is 6.03. The van der Waals surface area contributed by atoms with E-state index in [0.29, 0.717) is 5.92 Å². The average Bonchev–Trinajstić information content (AvgIpc) is 2.33. The van der Waals surface area contributed by atoms with Crippen molar-refractivity contribution < 1.29 is 4.74 Å². The fourth-order valence-corrected chi connectivity index (χ4v) is 1.86. The molecule has 0 radical (unpaired) electrons. The first kappa shape index (κ1) is 15.2. The molecule has 0 aliphatic rings. The summed E-state index contributed by atoms with van der Waals surface area (Å²) in [4.78, 5) is 0. The number of ether oxygens (including phenoxy) is 1. The Hall–Kier alpha value is -0.860. The molecule has 0 amide bonds. The van der Waals surface area contributed by atoms with E-state index >= 15 is 0 Å². The quantitative estimate of drug-likeness (QED) is 0.758. The third-order valence-electron chi connectivity index (χ3n) is 3.01. The Morgan fingerprint density at radius 1 is 1.28 bits per heavy atom. The number of hydrogen-bond acceptors (Lipinski definition) is 2. The van der Waals surface area contributed by atoms with Gasteiger partial charge in [0.25, 0.3) is 0 Å². The minimum absolute atomic E-state index is 0.170. The van der Waals surface area contributed by atoms with Crippen molar-refractivity contribution >= 4 is 0 Å². The topological polar surface area (TPSA) is 21.3 Å². The van der Waals surface area contributed by atoms with Crippen LogP contribution in [0.25, 0.3) is 0 Å². The molecule has 1 unspecified atom stereocenters. The van der Waals surface area contributed by atoms with E-state index in [1.54, 1.807) is 0 Å². The second-order valence-electron chi connectivity index (χ2n) is 5.26. The maximum absolute atomic E-state index is 6.03. The van der Waals surface area contributed by atoms with Crippen LogP contribution in [0.1, 0.15) is 44.4 Å². The van der Waals surface area contributed by atoms with Gasteiger partial charge in [0.2, 0.25) is 0 Å². The molecule has 0 saturated heterocycles. The van der Waals surface area contributed by atoms with Gasteiger partial charge in [0.15, 0.2) is 0 Å². The summed E-state index contributed by atoms with van der Waals surface area (Å²) in [6, 6.07) is 8.61. The highest BCUT2D eigenvalue weighted by atomic mass is 16.5. The van der Waals surface area contributed by atoms with E-state index in [-0.39, 0.29) is 6.10 Å². The van der Waals surface area contributed by atoms with Crippen molar-refractivity contribution in [3.63, 3.8) is 0 Å². The molecule has 1 rings (SSSR count). The van der Waals surface area contributed by atoms with Crippen LogP contribution in [0, 0.1) is 12.8 Å². The van der Waals surface area contributed by atoms with E-state index in [0.717, 1.165) is 26.1 Å². The first-order chi connectivity index (χ1) is 8.63. The lowest BCUT2D eigenvalue weighted by molar-refractivity contribution is 0.0461.